The summed E-state index contributed by atoms with van der Waals surface area (Å²) in [6.45, 7) is 0.808. The fourth-order valence-corrected chi connectivity index (χ4v) is 2.23. The molecular weight excluding hydrogens is 212 g/mol. The van der Waals surface area contributed by atoms with E-state index in [-0.39, 0.29) is 5.54 Å². The van der Waals surface area contributed by atoms with E-state index < -0.39 is 0 Å². The Morgan fingerprint density at radius 1 is 1.29 bits per heavy atom. The van der Waals surface area contributed by atoms with Crippen LogP contribution in [-0.2, 0) is 0 Å². The molecule has 1 fully saturated rings. The van der Waals surface area contributed by atoms with E-state index in [4.69, 9.17) is 5.73 Å². The number of hydrogen-bond acceptors (Lipinski definition) is 4. The number of hydrogen-bond donors (Lipinski definition) is 2. The lowest BCUT2D eigenvalue weighted by Crippen LogP contribution is -2.51. The van der Waals surface area contributed by atoms with Crippen LogP contribution >= 0.6 is 0 Å². The highest BCUT2D eigenvalue weighted by molar-refractivity contribution is 5.90. The van der Waals surface area contributed by atoms with Crippen LogP contribution in [0.15, 0.2) is 30.5 Å². The van der Waals surface area contributed by atoms with Gasteiger partial charge in [-0.25, -0.2) is 0 Å². The number of benzene rings is 1. The summed E-state index contributed by atoms with van der Waals surface area (Å²) in [5.41, 5.74) is 8.11. The first kappa shape index (κ1) is 10.5. The molecule has 2 aromatic rings. The van der Waals surface area contributed by atoms with Crippen LogP contribution in [0.5, 0.6) is 0 Å². The van der Waals surface area contributed by atoms with Crippen molar-refractivity contribution in [2.24, 2.45) is 5.73 Å². The van der Waals surface area contributed by atoms with E-state index in [9.17, 15) is 0 Å². The molecule has 1 aromatic carbocycles. The molecule has 1 heterocycles. The number of aromatic nitrogens is 2. The van der Waals surface area contributed by atoms with Crippen molar-refractivity contribution in [3.63, 3.8) is 0 Å². The van der Waals surface area contributed by atoms with Crippen LogP contribution < -0.4 is 11.1 Å². The van der Waals surface area contributed by atoms with Gasteiger partial charge in [0, 0.05) is 17.5 Å². The zero-order chi connectivity index (χ0) is 11.7. The molecule has 1 aliphatic rings. The van der Waals surface area contributed by atoms with Gasteiger partial charge in [0.05, 0.1) is 17.4 Å². The Labute approximate surface area is 100 Å². The number of nitrogens with zero attached hydrogens (tertiary/aromatic N) is 2. The maximum atomic E-state index is 6.20. The summed E-state index contributed by atoms with van der Waals surface area (Å²) in [4.78, 5) is 0. The third-order valence-electron chi connectivity index (χ3n) is 3.53. The van der Waals surface area contributed by atoms with Crippen molar-refractivity contribution in [2.75, 3.05) is 11.9 Å². The first-order valence-electron chi connectivity index (χ1n) is 6.00. The second kappa shape index (κ2) is 3.96. The van der Waals surface area contributed by atoms with Gasteiger partial charge in [-0.1, -0.05) is 18.2 Å². The van der Waals surface area contributed by atoms with Crippen LogP contribution in [0.4, 0.5) is 5.69 Å². The summed E-state index contributed by atoms with van der Waals surface area (Å²) < 4.78 is 0. The molecule has 3 rings (SSSR count). The summed E-state index contributed by atoms with van der Waals surface area (Å²) in [6.07, 6.45) is 5.23. The maximum absolute atomic E-state index is 6.20. The molecule has 1 aliphatic carbocycles. The van der Waals surface area contributed by atoms with Gasteiger partial charge in [-0.3, -0.25) is 0 Å². The molecule has 0 unspecified atom stereocenters. The smallest absolute Gasteiger partial charge is 0.0950 e. The van der Waals surface area contributed by atoms with Gasteiger partial charge in [-0.05, 0) is 25.3 Å². The van der Waals surface area contributed by atoms with Gasteiger partial charge in [-0.15, -0.1) is 0 Å². The van der Waals surface area contributed by atoms with Gasteiger partial charge in [0.1, 0.15) is 0 Å². The molecule has 17 heavy (non-hydrogen) atoms. The van der Waals surface area contributed by atoms with E-state index in [0.717, 1.165) is 36.0 Å². The molecule has 88 valence electrons. The van der Waals surface area contributed by atoms with E-state index >= 15 is 0 Å². The third-order valence-corrected chi connectivity index (χ3v) is 3.53. The number of nitrogens with one attached hydrogen (secondary N) is 1. The Balaban J connectivity index is 1.85. The fraction of sp³-hybridized carbons (Fsp3) is 0.385. The molecule has 0 bridgehead atoms. The highest BCUT2D eigenvalue weighted by Gasteiger charge is 2.32. The number of nitrogens with two attached hydrogens (primary N) is 1. The maximum Gasteiger partial charge on any atom is 0.0950 e. The summed E-state index contributed by atoms with van der Waals surface area (Å²) in [7, 11) is 0. The molecule has 4 heteroatoms. The predicted octanol–water partition coefficient (Wildman–Crippen LogP) is 1.92. The topological polar surface area (TPSA) is 63.8 Å². The predicted molar refractivity (Wildman–Crippen MR) is 68.8 cm³/mol. The molecule has 1 saturated carbocycles. The second-order valence-electron chi connectivity index (χ2n) is 4.84. The molecule has 3 N–H and O–H groups in total. The molecule has 0 spiro atoms. The molecule has 0 atom stereocenters. The lowest BCUT2D eigenvalue weighted by molar-refractivity contribution is 0.265. The largest absolute Gasteiger partial charge is 0.381 e. The summed E-state index contributed by atoms with van der Waals surface area (Å²) in [6, 6.07) is 8.00. The molecular formula is C13H16N4. The Morgan fingerprint density at radius 2 is 2.12 bits per heavy atom. The molecule has 0 aliphatic heterocycles. The Hall–Kier alpha value is -1.68. The second-order valence-corrected chi connectivity index (χ2v) is 4.84. The Bertz CT molecular complexity index is 528. The van der Waals surface area contributed by atoms with Gasteiger partial charge in [0.15, 0.2) is 0 Å². The summed E-state index contributed by atoms with van der Waals surface area (Å²) in [5, 5.41) is 12.6. The molecule has 0 radical (unpaired) electrons. The first-order valence-corrected chi connectivity index (χ1v) is 6.00. The summed E-state index contributed by atoms with van der Waals surface area (Å²) >= 11 is 0. The third kappa shape index (κ3) is 1.96. The Kier molecular flexibility index (Phi) is 2.44. The normalized spacial score (nSPS) is 17.7. The minimum atomic E-state index is -0.0234. The van der Waals surface area contributed by atoms with Crippen LogP contribution in [-0.4, -0.2) is 22.3 Å². The molecule has 0 amide bonds. The van der Waals surface area contributed by atoms with Crippen LogP contribution in [0.1, 0.15) is 19.3 Å². The van der Waals surface area contributed by atoms with Crippen LogP contribution in [0.25, 0.3) is 10.9 Å². The highest BCUT2D eigenvalue weighted by Crippen LogP contribution is 2.30. The van der Waals surface area contributed by atoms with Crippen molar-refractivity contribution in [1.29, 1.82) is 0 Å². The van der Waals surface area contributed by atoms with Gasteiger partial charge < -0.3 is 11.1 Å². The van der Waals surface area contributed by atoms with Gasteiger partial charge >= 0.3 is 0 Å². The molecule has 0 saturated heterocycles. The average molecular weight is 228 g/mol. The van der Waals surface area contributed by atoms with Crippen molar-refractivity contribution >= 4 is 16.6 Å². The molecule has 1 aromatic heterocycles. The lowest BCUT2D eigenvalue weighted by atomic mass is 9.78. The Morgan fingerprint density at radius 3 is 2.88 bits per heavy atom. The standard InChI is InChI=1S/C13H16N4/c14-13(6-3-7-13)9-15-12-8-16-17-11-5-2-1-4-10(11)12/h1-2,4-5,8H,3,6-7,9,14H2,(H,15,17). The van der Waals surface area contributed by atoms with E-state index in [1.807, 2.05) is 18.2 Å². The van der Waals surface area contributed by atoms with E-state index in [1.54, 1.807) is 6.20 Å². The number of rotatable bonds is 3. The van der Waals surface area contributed by atoms with Crippen LogP contribution in [0.3, 0.4) is 0 Å². The van der Waals surface area contributed by atoms with Crippen molar-refractivity contribution in [3.05, 3.63) is 30.5 Å². The van der Waals surface area contributed by atoms with Gasteiger partial charge in [-0.2, -0.15) is 10.2 Å². The zero-order valence-electron chi connectivity index (χ0n) is 9.69. The van der Waals surface area contributed by atoms with Crippen molar-refractivity contribution in [1.82, 2.24) is 10.2 Å². The minimum absolute atomic E-state index is 0.0234. The van der Waals surface area contributed by atoms with Crippen LogP contribution in [0.2, 0.25) is 0 Å². The number of anilines is 1. The van der Waals surface area contributed by atoms with Crippen molar-refractivity contribution in [2.45, 2.75) is 24.8 Å². The monoisotopic (exact) mass is 228 g/mol. The van der Waals surface area contributed by atoms with E-state index in [0.29, 0.717) is 0 Å². The van der Waals surface area contributed by atoms with Crippen LogP contribution in [0, 0.1) is 0 Å². The minimum Gasteiger partial charge on any atom is -0.381 e. The highest BCUT2D eigenvalue weighted by atomic mass is 15.1. The number of fused-ring (bicyclic) bond motifs is 1. The molecule has 4 nitrogen and oxygen atoms in total. The first-order chi connectivity index (χ1) is 8.27. The van der Waals surface area contributed by atoms with E-state index in [1.165, 1.54) is 6.42 Å². The van der Waals surface area contributed by atoms with Gasteiger partial charge in [0.25, 0.3) is 0 Å². The SMILES string of the molecule is NC1(CNc2cnnc3ccccc23)CCC1. The van der Waals surface area contributed by atoms with Crippen molar-refractivity contribution in [3.8, 4) is 0 Å². The van der Waals surface area contributed by atoms with E-state index in [2.05, 4.69) is 21.6 Å². The fourth-order valence-electron chi connectivity index (χ4n) is 2.23. The lowest BCUT2D eigenvalue weighted by Gasteiger charge is -2.38. The van der Waals surface area contributed by atoms with Gasteiger partial charge in [0.2, 0.25) is 0 Å². The van der Waals surface area contributed by atoms with Crippen molar-refractivity contribution < 1.29 is 0 Å². The quantitative estimate of drug-likeness (QED) is 0.842. The average Bonchev–Trinajstić information content (AvgIpc) is 2.34. The summed E-state index contributed by atoms with van der Waals surface area (Å²) in [5.74, 6) is 0. The zero-order valence-corrected chi connectivity index (χ0v) is 9.69.